The molecule has 1 saturated carbocycles. The van der Waals surface area contributed by atoms with Gasteiger partial charge in [0, 0.05) is 23.4 Å². The zero-order chi connectivity index (χ0) is 23.5. The van der Waals surface area contributed by atoms with Gasteiger partial charge >= 0.3 is 0 Å². The lowest BCUT2D eigenvalue weighted by Gasteiger charge is -2.36. The van der Waals surface area contributed by atoms with Crippen molar-refractivity contribution < 1.29 is 18.3 Å². The molecule has 1 unspecified atom stereocenters. The molecule has 1 heterocycles. The SMILES string of the molecule is CSNC(=O)c1cc(C2CC2)c(OCC2CCN(C(C)c3cc(F)cc(Cl)c3)CC2)cc1F. The average Bonchev–Trinajstić information content (AvgIpc) is 3.62. The van der Waals surface area contributed by atoms with E-state index in [0.29, 0.717) is 29.2 Å². The molecule has 4 rings (SSSR count). The number of hydrogen-bond acceptors (Lipinski definition) is 4. The Balaban J connectivity index is 1.36. The first-order valence-corrected chi connectivity index (χ1v) is 13.0. The second-order valence-corrected chi connectivity index (χ2v) is 10.00. The summed E-state index contributed by atoms with van der Waals surface area (Å²) in [4.78, 5) is 14.5. The molecule has 2 aromatic rings. The molecule has 0 bridgehead atoms. The molecule has 8 heteroatoms. The van der Waals surface area contributed by atoms with Crippen molar-refractivity contribution in [3.63, 3.8) is 0 Å². The molecule has 2 aliphatic rings. The molecule has 1 aliphatic heterocycles. The van der Waals surface area contributed by atoms with Crippen LogP contribution in [0.5, 0.6) is 5.75 Å². The fourth-order valence-electron chi connectivity index (χ4n) is 4.47. The lowest BCUT2D eigenvalue weighted by molar-refractivity contribution is 0.0980. The molecule has 2 aromatic carbocycles. The molecule has 2 fully saturated rings. The quantitative estimate of drug-likeness (QED) is 0.434. The maximum atomic E-state index is 14.6. The predicted molar refractivity (Wildman–Crippen MR) is 129 cm³/mol. The number of carbonyl (C=O) groups is 1. The third kappa shape index (κ3) is 6.00. The molecular formula is C25H29ClF2N2O2S. The summed E-state index contributed by atoms with van der Waals surface area (Å²) in [6.45, 7) is 4.34. The number of benzene rings is 2. The maximum absolute atomic E-state index is 14.6. The number of ether oxygens (including phenoxy) is 1. The second kappa shape index (κ2) is 10.6. The highest BCUT2D eigenvalue weighted by Crippen LogP contribution is 2.45. The van der Waals surface area contributed by atoms with Crippen LogP contribution in [0.25, 0.3) is 0 Å². The van der Waals surface area contributed by atoms with Gasteiger partial charge in [0.25, 0.3) is 5.91 Å². The highest BCUT2D eigenvalue weighted by Gasteiger charge is 2.30. The van der Waals surface area contributed by atoms with Gasteiger partial charge in [0.2, 0.25) is 0 Å². The van der Waals surface area contributed by atoms with E-state index in [-0.39, 0.29) is 17.4 Å². The van der Waals surface area contributed by atoms with E-state index in [1.165, 1.54) is 12.1 Å². The summed E-state index contributed by atoms with van der Waals surface area (Å²) in [6, 6.07) is 7.79. The maximum Gasteiger partial charge on any atom is 0.264 e. The Kier molecular flexibility index (Phi) is 7.82. The summed E-state index contributed by atoms with van der Waals surface area (Å²) in [6.07, 6.45) is 5.69. The van der Waals surface area contributed by atoms with Crippen LogP contribution >= 0.6 is 23.5 Å². The second-order valence-electron chi connectivity index (χ2n) is 8.95. The number of hydrogen-bond donors (Lipinski definition) is 1. The average molecular weight is 495 g/mol. The molecule has 0 spiro atoms. The third-order valence-corrected chi connectivity index (χ3v) is 7.20. The van der Waals surface area contributed by atoms with Crippen LogP contribution in [0, 0.1) is 17.6 Å². The first-order valence-electron chi connectivity index (χ1n) is 11.3. The lowest BCUT2D eigenvalue weighted by Crippen LogP contribution is -2.37. The number of rotatable bonds is 8. The van der Waals surface area contributed by atoms with Gasteiger partial charge in [-0.3, -0.25) is 14.4 Å². The molecule has 0 radical (unpaired) electrons. The minimum atomic E-state index is -0.557. The van der Waals surface area contributed by atoms with Crippen LogP contribution < -0.4 is 9.46 Å². The monoisotopic (exact) mass is 494 g/mol. The predicted octanol–water partition coefficient (Wildman–Crippen LogP) is 6.36. The molecule has 0 aromatic heterocycles. The molecular weight excluding hydrogens is 466 g/mol. The summed E-state index contributed by atoms with van der Waals surface area (Å²) < 4.78 is 37.0. The number of piperidine rings is 1. The fourth-order valence-corrected chi connectivity index (χ4v) is 5.00. The molecule has 1 atom stereocenters. The molecule has 33 heavy (non-hydrogen) atoms. The zero-order valence-corrected chi connectivity index (χ0v) is 20.4. The highest BCUT2D eigenvalue weighted by molar-refractivity contribution is 7.97. The Labute approximate surface area is 203 Å². The molecule has 178 valence electrons. The highest BCUT2D eigenvalue weighted by atomic mass is 35.5. The Morgan fingerprint density at radius 1 is 1.18 bits per heavy atom. The van der Waals surface area contributed by atoms with E-state index in [1.54, 1.807) is 18.4 Å². The van der Waals surface area contributed by atoms with Crippen molar-refractivity contribution in [3.8, 4) is 5.75 Å². The third-order valence-electron chi connectivity index (χ3n) is 6.59. The van der Waals surface area contributed by atoms with Gasteiger partial charge in [0.15, 0.2) is 0 Å². The van der Waals surface area contributed by atoms with Crippen LogP contribution in [0.1, 0.15) is 66.1 Å². The molecule has 1 aliphatic carbocycles. The Morgan fingerprint density at radius 3 is 2.55 bits per heavy atom. The summed E-state index contributed by atoms with van der Waals surface area (Å²) >= 11 is 7.18. The molecule has 1 saturated heterocycles. The van der Waals surface area contributed by atoms with E-state index < -0.39 is 11.7 Å². The van der Waals surface area contributed by atoms with Gasteiger partial charge in [-0.1, -0.05) is 23.5 Å². The van der Waals surface area contributed by atoms with Crippen LogP contribution in [-0.4, -0.2) is 36.8 Å². The molecule has 4 nitrogen and oxygen atoms in total. The minimum Gasteiger partial charge on any atom is -0.493 e. The van der Waals surface area contributed by atoms with Crippen molar-refractivity contribution in [3.05, 3.63) is 63.7 Å². The van der Waals surface area contributed by atoms with Crippen molar-refractivity contribution in [1.82, 2.24) is 9.62 Å². The first-order chi connectivity index (χ1) is 15.9. The van der Waals surface area contributed by atoms with Gasteiger partial charge in [0.05, 0.1) is 12.2 Å². The lowest BCUT2D eigenvalue weighted by atomic mass is 9.95. The van der Waals surface area contributed by atoms with E-state index in [4.69, 9.17) is 16.3 Å². The van der Waals surface area contributed by atoms with Crippen molar-refractivity contribution in [2.24, 2.45) is 5.92 Å². The zero-order valence-electron chi connectivity index (χ0n) is 18.9. The van der Waals surface area contributed by atoms with Crippen molar-refractivity contribution in [1.29, 1.82) is 0 Å². The van der Waals surface area contributed by atoms with E-state index >= 15 is 0 Å². The van der Waals surface area contributed by atoms with E-state index in [1.807, 2.05) is 6.07 Å². The summed E-state index contributed by atoms with van der Waals surface area (Å²) in [5.41, 5.74) is 1.87. The number of likely N-dealkylation sites (tertiary alicyclic amines) is 1. The van der Waals surface area contributed by atoms with Crippen LogP contribution in [0.4, 0.5) is 8.78 Å². The first kappa shape index (κ1) is 24.3. The number of carbonyl (C=O) groups excluding carboxylic acids is 1. The Hall–Kier alpha value is -1.83. The van der Waals surface area contributed by atoms with Gasteiger partial charge in [-0.2, -0.15) is 0 Å². The van der Waals surface area contributed by atoms with Gasteiger partial charge < -0.3 is 4.74 Å². The van der Waals surface area contributed by atoms with Crippen molar-refractivity contribution >= 4 is 29.5 Å². The Bertz CT molecular complexity index is 990. The number of amides is 1. The standard InChI is InChI=1S/C25H29ClF2N2O2S/c1-15(18-9-19(26)11-20(27)10-18)30-7-5-16(6-8-30)14-32-24-13-23(28)22(25(31)29-33-2)12-21(24)17-3-4-17/h9-13,15-17H,3-8,14H2,1-2H3,(H,29,31). The Morgan fingerprint density at radius 2 is 1.91 bits per heavy atom. The van der Waals surface area contributed by atoms with Gasteiger partial charge in [0.1, 0.15) is 17.4 Å². The number of nitrogens with one attached hydrogen (secondary N) is 1. The van der Waals surface area contributed by atoms with Crippen LogP contribution in [0.3, 0.4) is 0 Å². The van der Waals surface area contributed by atoms with Crippen molar-refractivity contribution in [2.45, 2.75) is 44.6 Å². The smallest absolute Gasteiger partial charge is 0.264 e. The van der Waals surface area contributed by atoms with E-state index in [9.17, 15) is 13.6 Å². The molecule has 1 amide bonds. The topological polar surface area (TPSA) is 41.6 Å². The largest absolute Gasteiger partial charge is 0.493 e. The van der Waals surface area contributed by atoms with E-state index in [0.717, 1.165) is 61.8 Å². The minimum absolute atomic E-state index is 0.0679. The van der Waals surface area contributed by atoms with Crippen LogP contribution in [0.15, 0.2) is 30.3 Å². The van der Waals surface area contributed by atoms with Crippen molar-refractivity contribution in [2.75, 3.05) is 26.0 Å². The molecule has 1 N–H and O–H groups in total. The van der Waals surface area contributed by atoms with Crippen LogP contribution in [0.2, 0.25) is 5.02 Å². The van der Waals surface area contributed by atoms with Crippen LogP contribution in [-0.2, 0) is 0 Å². The number of nitrogens with zero attached hydrogens (tertiary/aromatic N) is 1. The van der Waals surface area contributed by atoms with Gasteiger partial charge in [-0.15, -0.1) is 0 Å². The summed E-state index contributed by atoms with van der Waals surface area (Å²) in [7, 11) is 0. The van der Waals surface area contributed by atoms with Gasteiger partial charge in [-0.05, 0) is 92.9 Å². The fraction of sp³-hybridized carbons (Fsp3) is 0.480. The van der Waals surface area contributed by atoms with Gasteiger partial charge in [-0.25, -0.2) is 8.78 Å². The van der Waals surface area contributed by atoms with E-state index in [2.05, 4.69) is 16.5 Å². The summed E-state index contributed by atoms with van der Waals surface area (Å²) in [5, 5.41) is 0.413. The summed E-state index contributed by atoms with van der Waals surface area (Å²) in [5.74, 6) is -0.0431. The normalized spacial score (nSPS) is 18.2. The number of halogens is 3.